The second kappa shape index (κ2) is 2.94. The van der Waals surface area contributed by atoms with Crippen LogP contribution in [-0.2, 0) is 6.42 Å². The van der Waals surface area contributed by atoms with E-state index in [1.54, 1.807) is 0 Å². The van der Waals surface area contributed by atoms with E-state index >= 15 is 0 Å². The molecule has 58 valence electrons. The molecule has 0 radical (unpaired) electrons. The standard InChI is InChI=1S/C8H6BrIO/c9-6-3-5-1-2-11-8(5)7(10)4-6/h3-4H,1-2H2. The molecule has 0 N–H and O–H groups in total. The van der Waals surface area contributed by atoms with Crippen molar-refractivity contribution in [1.82, 2.24) is 0 Å². The van der Waals surface area contributed by atoms with Crippen molar-refractivity contribution in [2.75, 3.05) is 6.61 Å². The molecule has 0 amide bonds. The first-order valence-electron chi connectivity index (χ1n) is 3.38. The lowest BCUT2D eigenvalue weighted by Gasteiger charge is -2.01. The first kappa shape index (κ1) is 7.86. The molecule has 0 aliphatic carbocycles. The molecule has 0 saturated carbocycles. The Morgan fingerprint density at radius 2 is 2.27 bits per heavy atom. The number of ether oxygens (including phenoxy) is 1. The Kier molecular flexibility index (Phi) is 2.10. The molecular formula is C8H6BrIO. The van der Waals surface area contributed by atoms with E-state index in [2.05, 4.69) is 50.7 Å². The summed E-state index contributed by atoms with van der Waals surface area (Å²) in [5.41, 5.74) is 1.32. The van der Waals surface area contributed by atoms with Crippen LogP contribution < -0.4 is 4.74 Å². The van der Waals surface area contributed by atoms with E-state index in [0.29, 0.717) is 0 Å². The SMILES string of the molecule is Brc1cc(I)c2c(c1)CCO2. The highest BCUT2D eigenvalue weighted by Crippen LogP contribution is 2.33. The van der Waals surface area contributed by atoms with E-state index < -0.39 is 0 Å². The molecule has 0 fully saturated rings. The Hall–Kier alpha value is 0.230. The summed E-state index contributed by atoms with van der Waals surface area (Å²) < 4.78 is 7.80. The minimum Gasteiger partial charge on any atom is -0.492 e. The summed E-state index contributed by atoms with van der Waals surface area (Å²) in [5.74, 6) is 1.08. The third-order valence-corrected chi connectivity index (χ3v) is 2.96. The minimum atomic E-state index is 0.835. The van der Waals surface area contributed by atoms with Crippen molar-refractivity contribution >= 4 is 38.5 Å². The fraction of sp³-hybridized carbons (Fsp3) is 0.250. The van der Waals surface area contributed by atoms with Crippen LogP contribution in [0.2, 0.25) is 0 Å². The van der Waals surface area contributed by atoms with Crippen molar-refractivity contribution in [3.05, 3.63) is 25.7 Å². The van der Waals surface area contributed by atoms with Crippen molar-refractivity contribution in [1.29, 1.82) is 0 Å². The van der Waals surface area contributed by atoms with Gasteiger partial charge in [-0.15, -0.1) is 0 Å². The number of benzene rings is 1. The summed E-state index contributed by atoms with van der Waals surface area (Å²) in [4.78, 5) is 0. The van der Waals surface area contributed by atoms with Gasteiger partial charge in [0.15, 0.2) is 0 Å². The Balaban J connectivity index is 2.60. The van der Waals surface area contributed by atoms with Gasteiger partial charge in [-0.25, -0.2) is 0 Å². The number of halogens is 2. The summed E-state index contributed by atoms with van der Waals surface area (Å²) in [7, 11) is 0. The van der Waals surface area contributed by atoms with E-state index in [0.717, 1.165) is 23.2 Å². The number of rotatable bonds is 0. The summed E-state index contributed by atoms with van der Waals surface area (Å²) in [6, 6.07) is 4.20. The van der Waals surface area contributed by atoms with Gasteiger partial charge in [-0.1, -0.05) is 15.9 Å². The monoisotopic (exact) mass is 324 g/mol. The predicted molar refractivity (Wildman–Crippen MR) is 56.1 cm³/mol. The van der Waals surface area contributed by atoms with Crippen LogP contribution >= 0.6 is 38.5 Å². The Bertz CT molecular complexity index is 298. The van der Waals surface area contributed by atoms with Crippen LogP contribution in [0.25, 0.3) is 0 Å². The summed E-state index contributed by atoms with van der Waals surface area (Å²) >= 11 is 5.75. The molecule has 0 unspecified atom stereocenters. The van der Waals surface area contributed by atoms with Crippen LogP contribution in [-0.4, -0.2) is 6.61 Å². The van der Waals surface area contributed by atoms with Crippen LogP contribution in [0.1, 0.15) is 5.56 Å². The van der Waals surface area contributed by atoms with Gasteiger partial charge in [-0.3, -0.25) is 0 Å². The maximum absolute atomic E-state index is 5.46. The lowest BCUT2D eigenvalue weighted by Crippen LogP contribution is -1.87. The molecule has 2 rings (SSSR count). The molecule has 0 bridgehead atoms. The summed E-state index contributed by atoms with van der Waals surface area (Å²) in [6.07, 6.45) is 1.05. The highest BCUT2D eigenvalue weighted by atomic mass is 127. The zero-order valence-corrected chi connectivity index (χ0v) is 9.48. The number of hydrogen-bond acceptors (Lipinski definition) is 1. The number of hydrogen-bond donors (Lipinski definition) is 0. The van der Waals surface area contributed by atoms with E-state index in [1.165, 1.54) is 9.13 Å². The fourth-order valence-corrected chi connectivity index (χ4v) is 2.99. The maximum Gasteiger partial charge on any atom is 0.136 e. The Morgan fingerprint density at radius 1 is 1.45 bits per heavy atom. The van der Waals surface area contributed by atoms with Crippen LogP contribution in [0.4, 0.5) is 0 Å². The Labute approximate surface area is 87.4 Å². The third kappa shape index (κ3) is 1.40. The van der Waals surface area contributed by atoms with Crippen LogP contribution in [0.15, 0.2) is 16.6 Å². The van der Waals surface area contributed by atoms with Gasteiger partial charge in [0.1, 0.15) is 5.75 Å². The normalized spacial score (nSPS) is 14.4. The molecule has 1 aliphatic heterocycles. The third-order valence-electron chi connectivity index (χ3n) is 1.70. The molecule has 1 nitrogen and oxygen atoms in total. The van der Waals surface area contributed by atoms with Gasteiger partial charge < -0.3 is 4.74 Å². The largest absolute Gasteiger partial charge is 0.492 e. The van der Waals surface area contributed by atoms with Gasteiger partial charge in [0, 0.05) is 10.9 Å². The minimum absolute atomic E-state index is 0.835. The molecule has 0 aromatic heterocycles. The van der Waals surface area contributed by atoms with Gasteiger partial charge in [0.25, 0.3) is 0 Å². The second-order valence-corrected chi connectivity index (χ2v) is 4.55. The van der Waals surface area contributed by atoms with Crippen molar-refractivity contribution in [2.45, 2.75) is 6.42 Å². The average Bonchev–Trinajstić information content (AvgIpc) is 2.34. The topological polar surface area (TPSA) is 9.23 Å². The smallest absolute Gasteiger partial charge is 0.136 e. The summed E-state index contributed by atoms with van der Waals surface area (Å²) in [5, 5.41) is 0. The van der Waals surface area contributed by atoms with Crippen LogP contribution in [0.5, 0.6) is 5.75 Å². The van der Waals surface area contributed by atoms with Gasteiger partial charge in [0.05, 0.1) is 10.2 Å². The molecular weight excluding hydrogens is 319 g/mol. The maximum atomic E-state index is 5.46. The molecule has 0 atom stereocenters. The van der Waals surface area contributed by atoms with Crippen molar-refractivity contribution in [3.63, 3.8) is 0 Å². The molecule has 1 heterocycles. The highest BCUT2D eigenvalue weighted by molar-refractivity contribution is 14.1. The summed E-state index contributed by atoms with van der Waals surface area (Å²) in [6.45, 7) is 0.835. The fourth-order valence-electron chi connectivity index (χ4n) is 1.22. The zero-order valence-electron chi connectivity index (χ0n) is 5.73. The average molecular weight is 325 g/mol. The lowest BCUT2D eigenvalue weighted by atomic mass is 10.2. The van der Waals surface area contributed by atoms with E-state index in [-0.39, 0.29) is 0 Å². The second-order valence-electron chi connectivity index (χ2n) is 2.47. The van der Waals surface area contributed by atoms with E-state index in [4.69, 9.17) is 4.74 Å². The first-order chi connectivity index (χ1) is 5.27. The van der Waals surface area contributed by atoms with Crippen molar-refractivity contribution < 1.29 is 4.74 Å². The molecule has 1 aliphatic rings. The predicted octanol–water partition coefficient (Wildman–Crippen LogP) is 2.99. The zero-order chi connectivity index (χ0) is 7.84. The van der Waals surface area contributed by atoms with Gasteiger partial charge >= 0.3 is 0 Å². The number of fused-ring (bicyclic) bond motifs is 1. The van der Waals surface area contributed by atoms with Crippen LogP contribution in [0.3, 0.4) is 0 Å². The molecule has 1 aromatic carbocycles. The van der Waals surface area contributed by atoms with Gasteiger partial charge in [-0.2, -0.15) is 0 Å². The van der Waals surface area contributed by atoms with Crippen molar-refractivity contribution in [3.8, 4) is 5.75 Å². The molecule has 3 heteroatoms. The first-order valence-corrected chi connectivity index (χ1v) is 5.25. The van der Waals surface area contributed by atoms with E-state index in [1.807, 2.05) is 0 Å². The van der Waals surface area contributed by atoms with E-state index in [9.17, 15) is 0 Å². The molecule has 11 heavy (non-hydrogen) atoms. The lowest BCUT2D eigenvalue weighted by molar-refractivity contribution is 0.354. The van der Waals surface area contributed by atoms with Gasteiger partial charge in [-0.05, 0) is 40.3 Å². The van der Waals surface area contributed by atoms with Crippen molar-refractivity contribution in [2.24, 2.45) is 0 Å². The Morgan fingerprint density at radius 3 is 3.09 bits per heavy atom. The van der Waals surface area contributed by atoms with Gasteiger partial charge in [0.2, 0.25) is 0 Å². The molecule has 1 aromatic rings. The molecule has 0 saturated heterocycles. The molecule has 0 spiro atoms. The van der Waals surface area contributed by atoms with Crippen LogP contribution in [0, 0.1) is 3.57 Å². The highest BCUT2D eigenvalue weighted by Gasteiger charge is 2.15. The quantitative estimate of drug-likeness (QED) is 0.667.